The number of hydrogen-bond acceptors (Lipinski definition) is 2. The second-order valence-corrected chi connectivity index (χ2v) is 4.49. The van der Waals surface area contributed by atoms with Gasteiger partial charge in [-0.05, 0) is 26.0 Å². The topological polar surface area (TPSA) is 55.1 Å². The molecule has 2 aromatic heterocycles. The first-order valence-corrected chi connectivity index (χ1v) is 5.18. The predicted octanol–water partition coefficient (Wildman–Crippen LogP) is 2.51. The molecule has 16 heavy (non-hydrogen) atoms. The van der Waals surface area contributed by atoms with Crippen molar-refractivity contribution < 1.29 is 9.90 Å². The number of carboxylic acid groups (broad SMARTS) is 1. The van der Waals surface area contributed by atoms with E-state index in [1.807, 2.05) is 0 Å². The molecular formula is C11H11ClN2O2. The minimum Gasteiger partial charge on any atom is -0.480 e. The lowest BCUT2D eigenvalue weighted by Crippen LogP contribution is -2.35. The molecule has 2 rings (SSSR count). The molecule has 0 saturated heterocycles. The number of carboxylic acids is 1. The Morgan fingerprint density at radius 3 is 2.81 bits per heavy atom. The minimum atomic E-state index is -1.04. The third-order valence-electron chi connectivity index (χ3n) is 2.66. The molecule has 2 heterocycles. The van der Waals surface area contributed by atoms with Gasteiger partial charge in [-0.3, -0.25) is 0 Å². The molecule has 0 saturated carbocycles. The number of carbonyl (C=O) groups is 1. The minimum absolute atomic E-state index is 0.574. The normalized spacial score (nSPS) is 11.9. The van der Waals surface area contributed by atoms with Crippen molar-refractivity contribution in [3.05, 3.63) is 29.5 Å². The summed E-state index contributed by atoms with van der Waals surface area (Å²) in [5.74, 6) is -0.910. The van der Waals surface area contributed by atoms with Gasteiger partial charge >= 0.3 is 5.97 Å². The molecule has 0 aromatic carbocycles. The molecule has 5 heteroatoms. The average Bonchev–Trinajstić information content (AvgIpc) is 2.63. The number of nitrogens with zero attached hydrogens (tertiary/aromatic N) is 2. The molecule has 0 atom stereocenters. The fraction of sp³-hybridized carbons (Fsp3) is 0.273. The van der Waals surface area contributed by atoms with Crippen LogP contribution < -0.4 is 0 Å². The van der Waals surface area contributed by atoms with Gasteiger partial charge in [0.25, 0.3) is 0 Å². The first kappa shape index (κ1) is 11.0. The lowest BCUT2D eigenvalue weighted by Gasteiger charge is -2.22. The van der Waals surface area contributed by atoms with Crippen LogP contribution in [0.4, 0.5) is 0 Å². The van der Waals surface area contributed by atoms with Gasteiger partial charge in [0.05, 0.1) is 5.02 Å². The van der Waals surface area contributed by atoms with E-state index in [0.29, 0.717) is 10.7 Å². The molecule has 0 amide bonds. The molecule has 0 spiro atoms. The molecule has 0 unspecified atom stereocenters. The summed E-state index contributed by atoms with van der Waals surface area (Å²) in [6.07, 6.45) is 3.26. The second-order valence-electron chi connectivity index (χ2n) is 4.08. The van der Waals surface area contributed by atoms with Crippen LogP contribution in [0, 0.1) is 0 Å². The van der Waals surface area contributed by atoms with E-state index >= 15 is 0 Å². The van der Waals surface area contributed by atoms with Crippen LogP contribution in [0.15, 0.2) is 24.5 Å². The zero-order valence-corrected chi connectivity index (χ0v) is 9.69. The van der Waals surface area contributed by atoms with Crippen LogP contribution >= 0.6 is 11.6 Å². The van der Waals surface area contributed by atoms with Gasteiger partial charge in [-0.25, -0.2) is 9.78 Å². The quantitative estimate of drug-likeness (QED) is 0.875. The fourth-order valence-electron chi connectivity index (χ4n) is 1.56. The molecular weight excluding hydrogens is 228 g/mol. The largest absolute Gasteiger partial charge is 0.480 e. The van der Waals surface area contributed by atoms with Crippen molar-refractivity contribution in [3.63, 3.8) is 0 Å². The van der Waals surface area contributed by atoms with E-state index in [2.05, 4.69) is 4.98 Å². The van der Waals surface area contributed by atoms with Crippen LogP contribution in [0.5, 0.6) is 0 Å². The van der Waals surface area contributed by atoms with Crippen molar-refractivity contribution >= 4 is 28.6 Å². The molecule has 4 nitrogen and oxygen atoms in total. The molecule has 0 fully saturated rings. The molecule has 0 bridgehead atoms. The van der Waals surface area contributed by atoms with E-state index in [4.69, 9.17) is 16.7 Å². The number of aliphatic carboxylic acids is 1. The van der Waals surface area contributed by atoms with Crippen molar-refractivity contribution in [1.82, 2.24) is 9.55 Å². The summed E-state index contributed by atoms with van der Waals surface area (Å²) in [6.45, 7) is 3.24. The third kappa shape index (κ3) is 1.46. The fourth-order valence-corrected chi connectivity index (χ4v) is 1.76. The van der Waals surface area contributed by atoms with E-state index < -0.39 is 11.5 Å². The number of pyridine rings is 1. The summed E-state index contributed by atoms with van der Waals surface area (Å²) in [4.78, 5) is 15.3. The van der Waals surface area contributed by atoms with Crippen LogP contribution in [0.3, 0.4) is 0 Å². The van der Waals surface area contributed by atoms with E-state index in [1.165, 1.54) is 0 Å². The lowest BCUT2D eigenvalue weighted by molar-refractivity contribution is -0.145. The standard InChI is InChI=1S/C11H11ClN2O2/c1-11(2,10(15)16)14-6-4-7-8(12)3-5-13-9(7)14/h3-6H,1-2H3,(H,15,16). The Hall–Kier alpha value is -1.55. The summed E-state index contributed by atoms with van der Waals surface area (Å²) in [7, 11) is 0. The highest BCUT2D eigenvalue weighted by molar-refractivity contribution is 6.35. The Bertz CT molecular complexity index is 560. The monoisotopic (exact) mass is 238 g/mol. The highest BCUT2D eigenvalue weighted by Crippen LogP contribution is 2.27. The van der Waals surface area contributed by atoms with Crippen LogP contribution in [0.25, 0.3) is 11.0 Å². The van der Waals surface area contributed by atoms with Gasteiger partial charge in [0.1, 0.15) is 11.2 Å². The van der Waals surface area contributed by atoms with E-state index in [-0.39, 0.29) is 0 Å². The van der Waals surface area contributed by atoms with Gasteiger partial charge in [0.2, 0.25) is 0 Å². The summed E-state index contributed by atoms with van der Waals surface area (Å²) in [5, 5.41) is 10.5. The van der Waals surface area contributed by atoms with Gasteiger partial charge in [0, 0.05) is 17.8 Å². The van der Waals surface area contributed by atoms with E-state index in [0.717, 1.165) is 5.39 Å². The Labute approximate surface area is 97.5 Å². The summed E-state index contributed by atoms with van der Waals surface area (Å²) in [6, 6.07) is 3.46. The number of hydrogen-bond donors (Lipinski definition) is 1. The highest BCUT2D eigenvalue weighted by atomic mass is 35.5. The summed E-state index contributed by atoms with van der Waals surface area (Å²) < 4.78 is 1.61. The molecule has 0 aliphatic rings. The van der Waals surface area contributed by atoms with Gasteiger partial charge in [0.15, 0.2) is 0 Å². The van der Waals surface area contributed by atoms with Gasteiger partial charge in [-0.2, -0.15) is 0 Å². The average molecular weight is 239 g/mol. The number of aromatic nitrogens is 2. The first-order chi connectivity index (χ1) is 7.44. The first-order valence-electron chi connectivity index (χ1n) is 4.80. The molecule has 1 N–H and O–H groups in total. The van der Waals surface area contributed by atoms with Crippen molar-refractivity contribution in [2.75, 3.05) is 0 Å². The van der Waals surface area contributed by atoms with Crippen LogP contribution in [-0.4, -0.2) is 20.6 Å². The number of rotatable bonds is 2. The maximum absolute atomic E-state index is 11.2. The van der Waals surface area contributed by atoms with E-state index in [1.54, 1.807) is 42.9 Å². The zero-order chi connectivity index (χ0) is 11.9. The van der Waals surface area contributed by atoms with Crippen LogP contribution in [-0.2, 0) is 10.3 Å². The van der Waals surface area contributed by atoms with Crippen LogP contribution in [0.1, 0.15) is 13.8 Å². The SMILES string of the molecule is CC(C)(C(=O)O)n1ccc2c(Cl)ccnc21. The van der Waals surface area contributed by atoms with Gasteiger partial charge in [-0.1, -0.05) is 11.6 Å². The van der Waals surface area contributed by atoms with Gasteiger partial charge < -0.3 is 9.67 Å². The maximum atomic E-state index is 11.2. The Morgan fingerprint density at radius 2 is 2.19 bits per heavy atom. The van der Waals surface area contributed by atoms with Crippen molar-refractivity contribution in [1.29, 1.82) is 0 Å². The third-order valence-corrected chi connectivity index (χ3v) is 2.99. The Balaban J connectivity index is 2.72. The molecule has 0 aliphatic heterocycles. The van der Waals surface area contributed by atoms with Crippen molar-refractivity contribution in [2.24, 2.45) is 0 Å². The smallest absolute Gasteiger partial charge is 0.329 e. The Kier molecular flexibility index (Phi) is 2.39. The summed E-state index contributed by atoms with van der Waals surface area (Å²) >= 11 is 6.00. The number of fused-ring (bicyclic) bond motifs is 1. The predicted molar refractivity (Wildman–Crippen MR) is 61.7 cm³/mol. The van der Waals surface area contributed by atoms with Crippen LogP contribution in [0.2, 0.25) is 5.02 Å². The molecule has 0 radical (unpaired) electrons. The second kappa shape index (κ2) is 3.49. The molecule has 84 valence electrons. The maximum Gasteiger partial charge on any atom is 0.329 e. The highest BCUT2D eigenvalue weighted by Gasteiger charge is 2.30. The van der Waals surface area contributed by atoms with Crippen molar-refractivity contribution in [2.45, 2.75) is 19.4 Å². The molecule has 2 aromatic rings. The lowest BCUT2D eigenvalue weighted by atomic mass is 10.1. The summed E-state index contributed by atoms with van der Waals surface area (Å²) in [5.41, 5.74) is -0.459. The van der Waals surface area contributed by atoms with Gasteiger partial charge in [-0.15, -0.1) is 0 Å². The zero-order valence-electron chi connectivity index (χ0n) is 8.94. The van der Waals surface area contributed by atoms with E-state index in [9.17, 15) is 4.79 Å². The molecule has 0 aliphatic carbocycles. The Morgan fingerprint density at radius 1 is 1.50 bits per heavy atom. The number of halogens is 1. The van der Waals surface area contributed by atoms with Crippen molar-refractivity contribution in [3.8, 4) is 0 Å².